The first-order chi connectivity index (χ1) is 10.3. The molecule has 21 heavy (non-hydrogen) atoms. The first kappa shape index (κ1) is 16.0. The van der Waals surface area contributed by atoms with Crippen LogP contribution in [0.1, 0.15) is 12.8 Å². The van der Waals surface area contributed by atoms with Gasteiger partial charge in [-0.1, -0.05) is 42.1 Å². The highest BCUT2D eigenvalue weighted by Crippen LogP contribution is 2.23. The van der Waals surface area contributed by atoms with Crippen molar-refractivity contribution in [3.63, 3.8) is 0 Å². The smallest absolute Gasteiger partial charge is 0.191 e. The summed E-state index contributed by atoms with van der Waals surface area (Å²) in [6.45, 7) is 0. The summed E-state index contributed by atoms with van der Waals surface area (Å²) >= 11 is 1.70. The van der Waals surface area contributed by atoms with E-state index in [-0.39, 0.29) is 6.29 Å². The van der Waals surface area contributed by atoms with Crippen molar-refractivity contribution in [2.45, 2.75) is 24.3 Å². The second-order valence-electron chi connectivity index (χ2n) is 4.62. The highest BCUT2D eigenvalue weighted by molar-refractivity contribution is 7.99. The Labute approximate surface area is 129 Å². The quantitative estimate of drug-likeness (QED) is 0.426. The molecule has 0 unspecified atom stereocenters. The average molecular weight is 307 g/mol. The fourth-order valence-electron chi connectivity index (χ4n) is 2.02. The molecule has 2 rings (SSSR count). The van der Waals surface area contributed by atoms with Crippen LogP contribution < -0.4 is 0 Å². The third-order valence-electron chi connectivity index (χ3n) is 3.21. The molecule has 114 valence electrons. The van der Waals surface area contributed by atoms with Gasteiger partial charge >= 0.3 is 0 Å². The van der Waals surface area contributed by atoms with E-state index < -0.39 is 0 Å². The maximum absolute atomic E-state index is 5.17. The summed E-state index contributed by atoms with van der Waals surface area (Å²) in [4.78, 5) is 0. The van der Waals surface area contributed by atoms with Crippen molar-refractivity contribution in [3.05, 3.63) is 30.3 Å². The minimum absolute atomic E-state index is 0.120. The van der Waals surface area contributed by atoms with Crippen LogP contribution in [0.25, 0.3) is 11.4 Å². The third-order valence-corrected chi connectivity index (χ3v) is 4.31. The first-order valence-corrected chi connectivity index (χ1v) is 7.88. The van der Waals surface area contributed by atoms with E-state index in [0.29, 0.717) is 0 Å². The minimum Gasteiger partial charge on any atom is -0.356 e. The minimum atomic E-state index is -0.120. The maximum Gasteiger partial charge on any atom is 0.191 e. The molecule has 0 atom stereocenters. The molecular formula is C15H21N3O2S. The van der Waals surface area contributed by atoms with Gasteiger partial charge in [0.05, 0.1) is 0 Å². The van der Waals surface area contributed by atoms with Gasteiger partial charge in [-0.15, -0.1) is 10.2 Å². The van der Waals surface area contributed by atoms with Crippen LogP contribution in [0, 0.1) is 0 Å². The van der Waals surface area contributed by atoms with E-state index in [0.717, 1.165) is 35.1 Å². The molecular weight excluding hydrogens is 286 g/mol. The van der Waals surface area contributed by atoms with E-state index in [4.69, 9.17) is 9.47 Å². The van der Waals surface area contributed by atoms with Crippen LogP contribution in [-0.2, 0) is 16.5 Å². The summed E-state index contributed by atoms with van der Waals surface area (Å²) in [5.41, 5.74) is 1.08. The molecule has 0 amide bonds. The predicted octanol–water partition coefficient (Wildman–Crippen LogP) is 2.97. The highest BCUT2D eigenvalue weighted by Gasteiger charge is 2.11. The van der Waals surface area contributed by atoms with E-state index in [2.05, 4.69) is 10.2 Å². The number of methoxy groups -OCH3 is 2. The van der Waals surface area contributed by atoms with Crippen LogP contribution in [0.2, 0.25) is 0 Å². The number of rotatable bonds is 8. The molecule has 0 saturated carbocycles. The molecule has 0 aliphatic carbocycles. The van der Waals surface area contributed by atoms with E-state index in [1.807, 2.05) is 41.9 Å². The Morgan fingerprint density at radius 1 is 1.14 bits per heavy atom. The molecule has 0 bridgehead atoms. The van der Waals surface area contributed by atoms with Gasteiger partial charge in [-0.2, -0.15) is 0 Å². The zero-order chi connectivity index (χ0) is 15.1. The molecule has 0 aliphatic rings. The summed E-state index contributed by atoms with van der Waals surface area (Å²) in [6.07, 6.45) is 1.76. The van der Waals surface area contributed by atoms with Crippen LogP contribution in [0.15, 0.2) is 35.5 Å². The van der Waals surface area contributed by atoms with Gasteiger partial charge in [0.15, 0.2) is 17.3 Å². The second-order valence-corrected chi connectivity index (χ2v) is 5.68. The summed E-state index contributed by atoms with van der Waals surface area (Å²) in [5.74, 6) is 1.86. The van der Waals surface area contributed by atoms with Gasteiger partial charge in [0.25, 0.3) is 0 Å². The van der Waals surface area contributed by atoms with Crippen LogP contribution in [0.3, 0.4) is 0 Å². The standard InChI is InChI=1S/C15H21N3O2S/c1-18-14(12-8-5-4-6-9-12)16-17-15(18)21-11-7-10-13(19-2)20-3/h4-6,8-9,13H,7,10-11H2,1-3H3. The normalized spacial score (nSPS) is 11.2. The number of aromatic nitrogens is 3. The number of nitrogens with zero attached hydrogens (tertiary/aromatic N) is 3. The molecule has 0 fully saturated rings. The Hall–Kier alpha value is -1.37. The zero-order valence-electron chi connectivity index (χ0n) is 12.7. The zero-order valence-corrected chi connectivity index (χ0v) is 13.5. The fraction of sp³-hybridized carbons (Fsp3) is 0.467. The summed E-state index contributed by atoms with van der Waals surface area (Å²) in [7, 11) is 5.32. The molecule has 0 spiro atoms. The molecule has 2 aromatic rings. The van der Waals surface area contributed by atoms with Crippen molar-refractivity contribution in [2.24, 2.45) is 7.05 Å². The lowest BCUT2D eigenvalue weighted by Crippen LogP contribution is -2.12. The molecule has 0 radical (unpaired) electrons. The Bertz CT molecular complexity index is 541. The summed E-state index contributed by atoms with van der Waals surface area (Å²) in [6, 6.07) is 10.1. The Morgan fingerprint density at radius 3 is 2.52 bits per heavy atom. The number of hydrogen-bond acceptors (Lipinski definition) is 5. The number of hydrogen-bond donors (Lipinski definition) is 0. The van der Waals surface area contributed by atoms with Gasteiger partial charge in [-0.3, -0.25) is 0 Å². The predicted molar refractivity (Wildman–Crippen MR) is 84.2 cm³/mol. The van der Waals surface area contributed by atoms with Gasteiger partial charge in [-0.25, -0.2) is 0 Å². The molecule has 5 nitrogen and oxygen atoms in total. The van der Waals surface area contributed by atoms with Crippen molar-refractivity contribution < 1.29 is 9.47 Å². The summed E-state index contributed by atoms with van der Waals surface area (Å²) < 4.78 is 12.4. The first-order valence-electron chi connectivity index (χ1n) is 6.89. The topological polar surface area (TPSA) is 49.2 Å². The van der Waals surface area contributed by atoms with E-state index >= 15 is 0 Å². The third kappa shape index (κ3) is 4.30. The van der Waals surface area contributed by atoms with E-state index in [1.54, 1.807) is 26.0 Å². The average Bonchev–Trinajstić information content (AvgIpc) is 2.89. The van der Waals surface area contributed by atoms with Crippen molar-refractivity contribution in [2.75, 3.05) is 20.0 Å². The van der Waals surface area contributed by atoms with E-state index in [9.17, 15) is 0 Å². The van der Waals surface area contributed by atoms with Crippen molar-refractivity contribution in [3.8, 4) is 11.4 Å². The second kappa shape index (κ2) is 8.17. The summed E-state index contributed by atoms with van der Waals surface area (Å²) in [5, 5.41) is 9.47. The van der Waals surface area contributed by atoms with Crippen LogP contribution in [0.4, 0.5) is 0 Å². The van der Waals surface area contributed by atoms with Crippen molar-refractivity contribution in [1.29, 1.82) is 0 Å². The number of benzene rings is 1. The van der Waals surface area contributed by atoms with Gasteiger partial charge in [-0.05, 0) is 12.8 Å². The molecule has 0 N–H and O–H groups in total. The Balaban J connectivity index is 1.89. The SMILES string of the molecule is COC(CCCSc1nnc(-c2ccccc2)n1C)OC. The monoisotopic (exact) mass is 307 g/mol. The highest BCUT2D eigenvalue weighted by atomic mass is 32.2. The number of ether oxygens (including phenoxy) is 2. The van der Waals surface area contributed by atoms with Gasteiger partial charge in [0.2, 0.25) is 0 Å². The molecule has 0 aliphatic heterocycles. The molecule has 1 aromatic heterocycles. The largest absolute Gasteiger partial charge is 0.356 e. The molecule has 1 aromatic carbocycles. The van der Waals surface area contributed by atoms with Crippen LogP contribution in [-0.4, -0.2) is 41.0 Å². The Morgan fingerprint density at radius 2 is 1.86 bits per heavy atom. The van der Waals surface area contributed by atoms with Crippen LogP contribution in [0.5, 0.6) is 0 Å². The van der Waals surface area contributed by atoms with Gasteiger partial charge in [0, 0.05) is 32.6 Å². The molecule has 0 saturated heterocycles. The lowest BCUT2D eigenvalue weighted by atomic mass is 10.2. The fourth-order valence-corrected chi connectivity index (χ4v) is 2.90. The van der Waals surface area contributed by atoms with Gasteiger partial charge in [0.1, 0.15) is 0 Å². The van der Waals surface area contributed by atoms with Crippen molar-refractivity contribution >= 4 is 11.8 Å². The lowest BCUT2D eigenvalue weighted by Gasteiger charge is -2.12. The van der Waals surface area contributed by atoms with E-state index in [1.165, 1.54) is 0 Å². The van der Waals surface area contributed by atoms with Crippen molar-refractivity contribution in [1.82, 2.24) is 14.8 Å². The van der Waals surface area contributed by atoms with Crippen LogP contribution >= 0.6 is 11.8 Å². The Kier molecular flexibility index (Phi) is 6.22. The lowest BCUT2D eigenvalue weighted by molar-refractivity contribution is -0.106. The molecule has 1 heterocycles. The van der Waals surface area contributed by atoms with Gasteiger partial charge < -0.3 is 14.0 Å². The molecule has 6 heteroatoms. The maximum atomic E-state index is 5.17. The number of thioether (sulfide) groups is 1.